The van der Waals surface area contributed by atoms with Crippen LogP contribution in [0.1, 0.15) is 53.6 Å². The highest BCUT2D eigenvalue weighted by molar-refractivity contribution is 7.21. The molecule has 2 heterocycles. The zero-order valence-electron chi connectivity index (χ0n) is 25.5. The molecule has 246 valence electrons. The van der Waals surface area contributed by atoms with Crippen LogP contribution in [0.15, 0.2) is 24.3 Å². The second kappa shape index (κ2) is 14.2. The number of carbonyl (C=O) groups excluding carboxylic acids is 1. The molecule has 1 aliphatic carbocycles. The van der Waals surface area contributed by atoms with Crippen LogP contribution in [0, 0.1) is 29.4 Å². The predicted octanol–water partition coefficient (Wildman–Crippen LogP) is 7.60. The van der Waals surface area contributed by atoms with Crippen LogP contribution in [0.4, 0.5) is 8.78 Å². The average molecular weight is 677 g/mol. The summed E-state index contributed by atoms with van der Waals surface area (Å²) in [7, 11) is 2.81. The van der Waals surface area contributed by atoms with E-state index in [-0.39, 0.29) is 70.5 Å². The molecule has 2 aromatic carbocycles. The lowest BCUT2D eigenvalue weighted by atomic mass is 9.72. The van der Waals surface area contributed by atoms with Crippen LogP contribution < -0.4 is 18.9 Å². The van der Waals surface area contributed by atoms with Crippen molar-refractivity contribution in [1.29, 1.82) is 0 Å². The highest BCUT2D eigenvalue weighted by atomic mass is 32.1. The number of hydrogen-bond donors (Lipinski definition) is 2. The molecule has 5 rings (SSSR count). The van der Waals surface area contributed by atoms with E-state index in [0.29, 0.717) is 40.5 Å². The first-order valence-corrected chi connectivity index (χ1v) is 16.5. The van der Waals surface area contributed by atoms with E-state index in [0.717, 1.165) is 22.6 Å². The molecule has 1 fully saturated rings. The largest absolute Gasteiger partial charge is 0.493 e. The van der Waals surface area contributed by atoms with Gasteiger partial charge in [-0.15, -0.1) is 22.7 Å². The number of ether oxygens (including phenoxy) is 4. The van der Waals surface area contributed by atoms with E-state index in [1.807, 2.05) is 0 Å². The predicted molar refractivity (Wildman–Crippen MR) is 170 cm³/mol. The molecule has 0 saturated heterocycles. The Morgan fingerprint density at radius 2 is 1.43 bits per heavy atom. The van der Waals surface area contributed by atoms with Gasteiger partial charge in [0, 0.05) is 43.6 Å². The van der Waals surface area contributed by atoms with Crippen molar-refractivity contribution in [3.63, 3.8) is 0 Å². The Kier molecular flexibility index (Phi) is 10.3. The fourth-order valence-electron chi connectivity index (χ4n) is 5.48. The number of Topliss-reactive ketones (excluding diaryl/α,β-unsaturated/α-hetero) is 1. The molecule has 0 spiro atoms. The lowest BCUT2D eigenvalue weighted by Crippen LogP contribution is -2.33. The molecule has 3 atom stereocenters. The summed E-state index contributed by atoms with van der Waals surface area (Å²) in [5.74, 6) is -4.33. The number of fused-ring (bicyclic) bond motifs is 2. The molecular formula is C33H34F2O9S2. The SMILES string of the molecule is COc1cc2sc(CC3CCC3C(=O)O)cc2c(F)c1OCCCCOc1c(OC)cc2sc(C(=O)C[C@H](C)C(=O)O)cc2c1F. The molecule has 0 bridgehead atoms. The summed E-state index contributed by atoms with van der Waals surface area (Å²) in [5, 5.41) is 19.0. The van der Waals surface area contributed by atoms with Crippen LogP contribution >= 0.6 is 22.7 Å². The Morgan fingerprint density at radius 3 is 1.93 bits per heavy atom. The standard InChI is InChI=1S/C33H34F2O9S2/c1-16(32(37)38)10-22(36)27-13-21-26(46-27)15-24(42-3)31(29(21)35)44-9-5-4-8-43-30-23(41-2)14-25-20(28(30)34)12-18(45-25)11-17-6-7-19(17)33(39)40/h12-17,19H,4-11H2,1-3H3,(H,37,38)(H,39,40)/t16-,17?,19?/m0/s1. The summed E-state index contributed by atoms with van der Waals surface area (Å²) < 4.78 is 54.4. The van der Waals surface area contributed by atoms with Crippen LogP contribution in [0.3, 0.4) is 0 Å². The number of ketones is 1. The Morgan fingerprint density at radius 1 is 0.870 bits per heavy atom. The number of thiophene rings is 2. The number of benzene rings is 2. The minimum Gasteiger partial charge on any atom is -0.493 e. The number of unbranched alkanes of at least 4 members (excludes halogenated alkanes) is 1. The van der Waals surface area contributed by atoms with Gasteiger partial charge >= 0.3 is 11.9 Å². The second-order valence-corrected chi connectivity index (χ2v) is 13.6. The number of aliphatic carboxylic acids is 2. The molecule has 0 amide bonds. The lowest BCUT2D eigenvalue weighted by molar-refractivity contribution is -0.147. The van der Waals surface area contributed by atoms with Crippen molar-refractivity contribution in [3.8, 4) is 23.0 Å². The topological polar surface area (TPSA) is 129 Å². The molecule has 13 heteroatoms. The lowest BCUT2D eigenvalue weighted by Gasteiger charge is -2.32. The van der Waals surface area contributed by atoms with E-state index >= 15 is 8.78 Å². The molecule has 1 saturated carbocycles. The van der Waals surface area contributed by atoms with Gasteiger partial charge in [-0.2, -0.15) is 0 Å². The molecule has 0 aliphatic heterocycles. The van der Waals surface area contributed by atoms with Gasteiger partial charge < -0.3 is 29.2 Å². The monoisotopic (exact) mass is 676 g/mol. The van der Waals surface area contributed by atoms with Crippen LogP contribution in [-0.4, -0.2) is 55.4 Å². The molecule has 4 aromatic rings. The summed E-state index contributed by atoms with van der Waals surface area (Å²) in [6.07, 6.45) is 2.81. The zero-order valence-corrected chi connectivity index (χ0v) is 27.2. The maximum Gasteiger partial charge on any atom is 0.306 e. The van der Waals surface area contributed by atoms with Crippen molar-refractivity contribution in [3.05, 3.63) is 45.7 Å². The number of carboxylic acids is 2. The first-order valence-electron chi connectivity index (χ1n) is 14.9. The Balaban J connectivity index is 1.19. The van der Waals surface area contributed by atoms with Crippen LogP contribution in [0.5, 0.6) is 23.0 Å². The molecule has 9 nitrogen and oxygen atoms in total. The third kappa shape index (κ3) is 6.90. The summed E-state index contributed by atoms with van der Waals surface area (Å²) in [6, 6.07) is 6.47. The maximum atomic E-state index is 15.6. The Labute approximate surface area is 271 Å². The van der Waals surface area contributed by atoms with Crippen molar-refractivity contribution in [2.24, 2.45) is 17.8 Å². The second-order valence-electron chi connectivity index (χ2n) is 11.3. The minimum absolute atomic E-state index is 0.00829. The number of rotatable bonds is 16. The average Bonchev–Trinajstić information content (AvgIpc) is 3.62. The van der Waals surface area contributed by atoms with Gasteiger partial charge in [0.1, 0.15) is 0 Å². The summed E-state index contributed by atoms with van der Waals surface area (Å²) in [6.45, 7) is 1.69. The fraction of sp³-hybridized carbons (Fsp3) is 0.424. The van der Waals surface area contributed by atoms with E-state index < -0.39 is 29.5 Å². The van der Waals surface area contributed by atoms with Gasteiger partial charge in [-0.05, 0) is 50.2 Å². The van der Waals surface area contributed by atoms with E-state index in [9.17, 15) is 19.5 Å². The van der Waals surface area contributed by atoms with Gasteiger partial charge in [0.25, 0.3) is 0 Å². The van der Waals surface area contributed by atoms with E-state index in [1.54, 1.807) is 18.2 Å². The van der Waals surface area contributed by atoms with E-state index in [2.05, 4.69) is 0 Å². The van der Waals surface area contributed by atoms with Crippen molar-refractivity contribution in [2.75, 3.05) is 27.4 Å². The van der Waals surface area contributed by atoms with Gasteiger partial charge in [0.2, 0.25) is 0 Å². The van der Waals surface area contributed by atoms with Crippen LogP contribution in [0.2, 0.25) is 0 Å². The maximum absolute atomic E-state index is 15.6. The van der Waals surface area contributed by atoms with Crippen LogP contribution in [0.25, 0.3) is 20.2 Å². The van der Waals surface area contributed by atoms with Gasteiger partial charge in [-0.3, -0.25) is 14.4 Å². The highest BCUT2D eigenvalue weighted by Crippen LogP contribution is 2.44. The molecular weight excluding hydrogens is 642 g/mol. The first kappa shape index (κ1) is 33.4. The molecule has 46 heavy (non-hydrogen) atoms. The van der Waals surface area contributed by atoms with Gasteiger partial charge in [0.15, 0.2) is 40.4 Å². The zero-order chi connectivity index (χ0) is 33.1. The fourth-order valence-corrected chi connectivity index (χ4v) is 7.69. The third-order valence-electron chi connectivity index (χ3n) is 8.27. The van der Waals surface area contributed by atoms with Crippen molar-refractivity contribution in [1.82, 2.24) is 0 Å². The number of carbonyl (C=O) groups is 3. The molecule has 1 aliphatic rings. The van der Waals surface area contributed by atoms with Crippen molar-refractivity contribution >= 4 is 60.6 Å². The van der Waals surface area contributed by atoms with Gasteiger partial charge in [-0.25, -0.2) is 8.78 Å². The number of hydrogen-bond acceptors (Lipinski definition) is 9. The minimum atomic E-state index is -1.08. The molecule has 0 radical (unpaired) electrons. The summed E-state index contributed by atoms with van der Waals surface area (Å²) in [5.41, 5.74) is 0. The van der Waals surface area contributed by atoms with Gasteiger partial charge in [0.05, 0.1) is 44.1 Å². The van der Waals surface area contributed by atoms with Crippen molar-refractivity contribution in [2.45, 2.75) is 45.4 Å². The highest BCUT2D eigenvalue weighted by Gasteiger charge is 2.36. The van der Waals surface area contributed by atoms with Crippen molar-refractivity contribution < 1.29 is 52.3 Å². The molecule has 2 unspecified atom stereocenters. The quantitative estimate of drug-likeness (QED) is 0.0911. The normalized spacial score (nSPS) is 16.6. The first-order chi connectivity index (χ1) is 22.0. The summed E-state index contributed by atoms with van der Waals surface area (Å²) in [4.78, 5) is 36.3. The van der Waals surface area contributed by atoms with Crippen LogP contribution in [-0.2, 0) is 16.0 Å². The van der Waals surface area contributed by atoms with E-state index in [4.69, 9.17) is 24.1 Å². The molecule has 2 aromatic heterocycles. The van der Waals surface area contributed by atoms with Gasteiger partial charge in [-0.1, -0.05) is 6.92 Å². The Hall–Kier alpha value is -3.97. The number of halogens is 2. The molecule has 2 N–H and O–H groups in total. The number of carboxylic acid groups (broad SMARTS) is 2. The van der Waals surface area contributed by atoms with E-state index in [1.165, 1.54) is 38.5 Å². The smallest absolute Gasteiger partial charge is 0.306 e. The third-order valence-corrected chi connectivity index (χ3v) is 10.5. The summed E-state index contributed by atoms with van der Waals surface area (Å²) >= 11 is 2.48. The number of methoxy groups -OCH3 is 2. The Bertz CT molecular complexity index is 1780.